The van der Waals surface area contributed by atoms with Crippen molar-refractivity contribution in [3.63, 3.8) is 0 Å². The van der Waals surface area contributed by atoms with Crippen LogP contribution < -0.4 is 15.8 Å². The minimum absolute atomic E-state index is 0. The SMILES string of the molecule is COCc1ccccc1NC(N)=NCc1ccccc1OCC1CC1.I. The number of para-hydroxylation sites is 2. The molecule has 1 aliphatic carbocycles. The van der Waals surface area contributed by atoms with Gasteiger partial charge in [0.15, 0.2) is 5.96 Å². The highest BCUT2D eigenvalue weighted by Crippen LogP contribution is 2.30. The molecule has 1 aliphatic rings. The number of ether oxygens (including phenoxy) is 2. The fourth-order valence-electron chi connectivity index (χ4n) is 2.54. The summed E-state index contributed by atoms with van der Waals surface area (Å²) in [6.45, 7) is 1.79. The molecule has 0 bridgehead atoms. The molecule has 5 nitrogen and oxygen atoms in total. The van der Waals surface area contributed by atoms with Crippen LogP contribution in [0.1, 0.15) is 24.0 Å². The molecule has 0 aromatic heterocycles. The Balaban J connectivity index is 0.00000243. The Kier molecular flexibility index (Phi) is 8.18. The molecule has 2 aromatic rings. The Hall–Kier alpha value is -1.80. The lowest BCUT2D eigenvalue weighted by atomic mass is 10.2. The first-order chi connectivity index (χ1) is 12.3. The molecule has 1 fully saturated rings. The van der Waals surface area contributed by atoms with Crippen molar-refractivity contribution in [2.75, 3.05) is 19.0 Å². The Labute approximate surface area is 172 Å². The second-order valence-corrected chi connectivity index (χ2v) is 6.28. The maximum atomic E-state index is 6.06. The van der Waals surface area contributed by atoms with Gasteiger partial charge in [0, 0.05) is 23.9 Å². The van der Waals surface area contributed by atoms with Gasteiger partial charge in [-0.2, -0.15) is 0 Å². The van der Waals surface area contributed by atoms with Gasteiger partial charge in [-0.1, -0.05) is 36.4 Å². The quantitative estimate of drug-likeness (QED) is 0.348. The van der Waals surface area contributed by atoms with Gasteiger partial charge in [-0.3, -0.25) is 0 Å². The van der Waals surface area contributed by atoms with Gasteiger partial charge in [-0.15, -0.1) is 24.0 Å². The van der Waals surface area contributed by atoms with Crippen molar-refractivity contribution in [1.29, 1.82) is 0 Å². The lowest BCUT2D eigenvalue weighted by Gasteiger charge is -2.12. The highest BCUT2D eigenvalue weighted by Gasteiger charge is 2.22. The van der Waals surface area contributed by atoms with Gasteiger partial charge in [0.25, 0.3) is 0 Å². The van der Waals surface area contributed by atoms with E-state index in [-0.39, 0.29) is 24.0 Å². The van der Waals surface area contributed by atoms with Crippen LogP contribution in [0.4, 0.5) is 5.69 Å². The van der Waals surface area contributed by atoms with Crippen LogP contribution in [0.25, 0.3) is 0 Å². The van der Waals surface area contributed by atoms with E-state index in [0.29, 0.717) is 19.1 Å². The zero-order valence-electron chi connectivity index (χ0n) is 15.0. The van der Waals surface area contributed by atoms with E-state index < -0.39 is 0 Å². The number of halogens is 1. The molecule has 3 N–H and O–H groups in total. The maximum Gasteiger partial charge on any atom is 0.193 e. The van der Waals surface area contributed by atoms with Crippen LogP contribution >= 0.6 is 24.0 Å². The average molecular weight is 467 g/mol. The first-order valence-corrected chi connectivity index (χ1v) is 8.60. The predicted octanol–water partition coefficient (Wildman–Crippen LogP) is 4.17. The van der Waals surface area contributed by atoms with E-state index in [1.54, 1.807) is 7.11 Å². The first kappa shape index (κ1) is 20.5. The summed E-state index contributed by atoms with van der Waals surface area (Å²) in [6, 6.07) is 15.9. The molecule has 1 saturated carbocycles. The molecule has 0 atom stereocenters. The fourth-order valence-corrected chi connectivity index (χ4v) is 2.54. The van der Waals surface area contributed by atoms with E-state index in [2.05, 4.69) is 10.3 Å². The van der Waals surface area contributed by atoms with Gasteiger partial charge in [0.2, 0.25) is 0 Å². The number of methoxy groups -OCH3 is 1. The molecule has 0 amide bonds. The van der Waals surface area contributed by atoms with Gasteiger partial charge in [0.05, 0.1) is 19.8 Å². The number of nitrogens with zero attached hydrogens (tertiary/aromatic N) is 1. The summed E-state index contributed by atoms with van der Waals surface area (Å²) in [4.78, 5) is 4.46. The summed E-state index contributed by atoms with van der Waals surface area (Å²) in [5.74, 6) is 1.99. The molecule has 0 aliphatic heterocycles. The molecule has 0 saturated heterocycles. The second kappa shape index (κ2) is 10.4. The smallest absolute Gasteiger partial charge is 0.193 e. The monoisotopic (exact) mass is 467 g/mol. The molecular weight excluding hydrogens is 441 g/mol. The summed E-state index contributed by atoms with van der Waals surface area (Å²) >= 11 is 0. The van der Waals surface area contributed by atoms with Gasteiger partial charge in [-0.05, 0) is 30.9 Å². The Morgan fingerprint density at radius 2 is 1.81 bits per heavy atom. The third kappa shape index (κ3) is 6.17. The minimum atomic E-state index is 0. The Morgan fingerprint density at radius 1 is 1.12 bits per heavy atom. The van der Waals surface area contributed by atoms with E-state index >= 15 is 0 Å². The summed E-state index contributed by atoms with van der Waals surface area (Å²) in [7, 11) is 1.67. The number of hydrogen-bond acceptors (Lipinski definition) is 3. The molecule has 2 aromatic carbocycles. The Bertz CT molecular complexity index is 733. The van der Waals surface area contributed by atoms with Crippen LogP contribution in [0, 0.1) is 5.92 Å². The number of aliphatic imine (C=N–C) groups is 1. The predicted molar refractivity (Wildman–Crippen MR) is 116 cm³/mol. The van der Waals surface area contributed by atoms with Crippen LogP contribution in [0.3, 0.4) is 0 Å². The summed E-state index contributed by atoms with van der Waals surface area (Å²) in [6.07, 6.45) is 2.55. The van der Waals surface area contributed by atoms with E-state index in [1.165, 1.54) is 12.8 Å². The van der Waals surface area contributed by atoms with E-state index in [0.717, 1.165) is 35.1 Å². The van der Waals surface area contributed by atoms with E-state index in [4.69, 9.17) is 15.2 Å². The number of nitrogens with two attached hydrogens (primary N) is 1. The largest absolute Gasteiger partial charge is 0.493 e. The molecule has 3 rings (SSSR count). The highest BCUT2D eigenvalue weighted by molar-refractivity contribution is 14.0. The van der Waals surface area contributed by atoms with Gasteiger partial charge >= 0.3 is 0 Å². The van der Waals surface area contributed by atoms with Crippen molar-refractivity contribution in [2.45, 2.75) is 26.0 Å². The molecule has 26 heavy (non-hydrogen) atoms. The molecule has 0 heterocycles. The lowest BCUT2D eigenvalue weighted by Crippen LogP contribution is -2.23. The molecule has 0 radical (unpaired) electrons. The van der Waals surface area contributed by atoms with Crippen molar-refractivity contribution in [1.82, 2.24) is 0 Å². The number of rotatable bonds is 8. The number of guanidine groups is 1. The highest BCUT2D eigenvalue weighted by atomic mass is 127. The van der Waals surface area contributed by atoms with Gasteiger partial charge in [0.1, 0.15) is 5.75 Å². The van der Waals surface area contributed by atoms with Crippen LogP contribution in [-0.4, -0.2) is 19.7 Å². The van der Waals surface area contributed by atoms with E-state index in [9.17, 15) is 0 Å². The number of anilines is 1. The topological polar surface area (TPSA) is 68.9 Å². The zero-order valence-corrected chi connectivity index (χ0v) is 17.3. The normalized spacial score (nSPS) is 13.8. The number of nitrogens with one attached hydrogen (secondary N) is 1. The third-order valence-electron chi connectivity index (χ3n) is 4.14. The summed E-state index contributed by atoms with van der Waals surface area (Å²) in [5.41, 5.74) is 9.04. The second-order valence-electron chi connectivity index (χ2n) is 6.28. The van der Waals surface area contributed by atoms with Crippen LogP contribution in [0.2, 0.25) is 0 Å². The lowest BCUT2D eigenvalue weighted by molar-refractivity contribution is 0.185. The summed E-state index contributed by atoms with van der Waals surface area (Å²) in [5, 5.41) is 3.15. The van der Waals surface area contributed by atoms with Crippen molar-refractivity contribution >= 4 is 35.6 Å². The van der Waals surface area contributed by atoms with E-state index in [1.807, 2.05) is 48.5 Å². The van der Waals surface area contributed by atoms with Crippen LogP contribution in [-0.2, 0) is 17.9 Å². The van der Waals surface area contributed by atoms with Gasteiger partial charge in [-0.25, -0.2) is 4.99 Å². The number of hydrogen-bond donors (Lipinski definition) is 2. The van der Waals surface area contributed by atoms with Crippen molar-refractivity contribution in [3.8, 4) is 5.75 Å². The van der Waals surface area contributed by atoms with Crippen molar-refractivity contribution in [3.05, 3.63) is 59.7 Å². The minimum Gasteiger partial charge on any atom is -0.493 e. The molecular formula is C20H26IN3O2. The third-order valence-corrected chi connectivity index (χ3v) is 4.14. The molecule has 6 heteroatoms. The zero-order chi connectivity index (χ0) is 17.5. The fraction of sp³-hybridized carbons (Fsp3) is 0.350. The van der Waals surface area contributed by atoms with Crippen LogP contribution in [0.5, 0.6) is 5.75 Å². The molecule has 140 valence electrons. The number of benzene rings is 2. The first-order valence-electron chi connectivity index (χ1n) is 8.60. The standard InChI is InChI=1S/C20H25N3O2.HI/c1-24-14-17-7-2-4-8-18(17)23-20(21)22-12-16-6-3-5-9-19(16)25-13-15-10-11-15;/h2-9,15H,10-14H2,1H3,(H3,21,22,23);1H. The Morgan fingerprint density at radius 3 is 2.54 bits per heavy atom. The molecule has 0 spiro atoms. The molecule has 0 unspecified atom stereocenters. The summed E-state index contributed by atoms with van der Waals surface area (Å²) < 4.78 is 11.1. The van der Waals surface area contributed by atoms with Gasteiger partial charge < -0.3 is 20.5 Å². The van der Waals surface area contributed by atoms with Crippen molar-refractivity contribution in [2.24, 2.45) is 16.6 Å². The van der Waals surface area contributed by atoms with Crippen LogP contribution in [0.15, 0.2) is 53.5 Å². The van der Waals surface area contributed by atoms with Crippen molar-refractivity contribution < 1.29 is 9.47 Å². The maximum absolute atomic E-state index is 6.06. The average Bonchev–Trinajstić information content (AvgIpc) is 3.45.